The molecule has 2 aliphatic rings. The van der Waals surface area contributed by atoms with Gasteiger partial charge in [-0.25, -0.2) is 0 Å². The molecule has 2 fully saturated rings. The topological polar surface area (TPSA) is 32.3 Å². The third-order valence-electron chi connectivity index (χ3n) is 3.19. The lowest BCUT2D eigenvalue weighted by molar-refractivity contribution is 0.104. The highest BCUT2D eigenvalue weighted by atomic mass is 16.3. The van der Waals surface area contributed by atoms with Crippen LogP contribution in [-0.4, -0.2) is 24.3 Å². The van der Waals surface area contributed by atoms with E-state index < -0.39 is 0 Å². The Labute approximate surface area is 61.6 Å². The molecule has 0 heterocycles. The van der Waals surface area contributed by atoms with Gasteiger partial charge in [0.25, 0.3) is 0 Å². The fraction of sp³-hybridized carbons (Fsp3) is 1.00. The molecular formula is C8H15NO. The summed E-state index contributed by atoms with van der Waals surface area (Å²) in [7, 11) is 2.03. The van der Waals surface area contributed by atoms with Crippen molar-refractivity contribution in [2.75, 3.05) is 7.05 Å². The van der Waals surface area contributed by atoms with Gasteiger partial charge in [0, 0.05) is 6.04 Å². The van der Waals surface area contributed by atoms with Gasteiger partial charge in [0.1, 0.15) is 0 Å². The molecule has 0 aromatic rings. The van der Waals surface area contributed by atoms with Crippen LogP contribution < -0.4 is 5.32 Å². The smallest absolute Gasteiger partial charge is 0.0572 e. The van der Waals surface area contributed by atoms with Gasteiger partial charge in [0.2, 0.25) is 0 Å². The van der Waals surface area contributed by atoms with Crippen molar-refractivity contribution in [3.8, 4) is 0 Å². The number of nitrogens with one attached hydrogen (secondary N) is 1. The number of aliphatic hydroxyl groups is 1. The number of rotatable bonds is 1. The summed E-state index contributed by atoms with van der Waals surface area (Å²) in [5.74, 6) is 1.38. The largest absolute Gasteiger partial charge is 0.393 e. The van der Waals surface area contributed by atoms with E-state index in [1.807, 2.05) is 7.05 Å². The molecule has 2 saturated carbocycles. The molecule has 2 bridgehead atoms. The summed E-state index contributed by atoms with van der Waals surface area (Å²) in [5, 5.41) is 12.7. The molecule has 2 nitrogen and oxygen atoms in total. The highest BCUT2D eigenvalue weighted by Gasteiger charge is 2.44. The fourth-order valence-electron chi connectivity index (χ4n) is 2.60. The number of hydrogen-bond acceptors (Lipinski definition) is 2. The van der Waals surface area contributed by atoms with E-state index in [1.54, 1.807) is 0 Å². The van der Waals surface area contributed by atoms with Crippen LogP contribution in [0.1, 0.15) is 19.3 Å². The monoisotopic (exact) mass is 141 g/mol. The maximum absolute atomic E-state index is 9.40. The number of fused-ring (bicyclic) bond motifs is 2. The lowest BCUT2D eigenvalue weighted by atomic mass is 9.93. The minimum absolute atomic E-state index is 0.0228. The summed E-state index contributed by atoms with van der Waals surface area (Å²) in [6, 6.07) is 0.702. The second-order valence-electron chi connectivity index (χ2n) is 3.69. The van der Waals surface area contributed by atoms with E-state index in [9.17, 15) is 5.11 Å². The zero-order valence-electron chi connectivity index (χ0n) is 6.38. The predicted octanol–water partition coefficient (Wildman–Crippen LogP) is 0.365. The third kappa shape index (κ3) is 0.789. The van der Waals surface area contributed by atoms with Crippen LogP contribution in [-0.2, 0) is 0 Å². The van der Waals surface area contributed by atoms with Crippen molar-refractivity contribution in [2.24, 2.45) is 11.8 Å². The lowest BCUT2D eigenvalue weighted by Gasteiger charge is -2.24. The molecule has 4 unspecified atom stereocenters. The van der Waals surface area contributed by atoms with Gasteiger partial charge in [-0.15, -0.1) is 0 Å². The molecule has 2 heteroatoms. The first kappa shape index (κ1) is 6.62. The molecule has 0 aromatic carbocycles. The zero-order chi connectivity index (χ0) is 7.14. The Hall–Kier alpha value is -0.0800. The van der Waals surface area contributed by atoms with Crippen LogP contribution in [0.25, 0.3) is 0 Å². The van der Waals surface area contributed by atoms with Gasteiger partial charge in [0.05, 0.1) is 6.10 Å². The van der Waals surface area contributed by atoms with Gasteiger partial charge < -0.3 is 10.4 Å². The first-order valence-electron chi connectivity index (χ1n) is 4.16. The minimum atomic E-state index is 0.0228. The Balaban J connectivity index is 2.02. The maximum Gasteiger partial charge on any atom is 0.0572 e. The average Bonchev–Trinajstić information content (AvgIpc) is 2.44. The van der Waals surface area contributed by atoms with E-state index in [0.29, 0.717) is 12.0 Å². The fourth-order valence-corrected chi connectivity index (χ4v) is 2.60. The summed E-state index contributed by atoms with van der Waals surface area (Å²) in [6.07, 6.45) is 3.51. The molecule has 2 aliphatic carbocycles. The van der Waals surface area contributed by atoms with Crippen molar-refractivity contribution in [3.63, 3.8) is 0 Å². The first-order valence-corrected chi connectivity index (χ1v) is 4.16. The van der Waals surface area contributed by atoms with E-state index >= 15 is 0 Å². The zero-order valence-corrected chi connectivity index (χ0v) is 6.38. The second-order valence-corrected chi connectivity index (χ2v) is 3.69. The molecular weight excluding hydrogens is 126 g/mol. The second kappa shape index (κ2) is 2.21. The molecule has 0 radical (unpaired) electrons. The summed E-state index contributed by atoms with van der Waals surface area (Å²) in [5.41, 5.74) is 0. The van der Waals surface area contributed by atoms with Crippen LogP contribution in [0, 0.1) is 11.8 Å². The Kier molecular flexibility index (Phi) is 1.46. The van der Waals surface area contributed by atoms with Crippen molar-refractivity contribution in [1.29, 1.82) is 0 Å². The van der Waals surface area contributed by atoms with Crippen LogP contribution in [0.4, 0.5) is 0 Å². The Morgan fingerprint density at radius 3 is 2.40 bits per heavy atom. The van der Waals surface area contributed by atoms with Gasteiger partial charge in [0.15, 0.2) is 0 Å². The van der Waals surface area contributed by atoms with Crippen molar-refractivity contribution < 1.29 is 5.11 Å². The molecule has 4 atom stereocenters. The van der Waals surface area contributed by atoms with Gasteiger partial charge in [-0.05, 0) is 38.1 Å². The highest BCUT2D eigenvalue weighted by molar-refractivity contribution is 4.98. The third-order valence-corrected chi connectivity index (χ3v) is 3.19. The molecule has 2 N–H and O–H groups in total. The minimum Gasteiger partial charge on any atom is -0.393 e. The van der Waals surface area contributed by atoms with Gasteiger partial charge in [-0.3, -0.25) is 0 Å². The number of aliphatic hydroxyl groups excluding tert-OH is 1. The average molecular weight is 141 g/mol. The van der Waals surface area contributed by atoms with Crippen LogP contribution in [0.2, 0.25) is 0 Å². The van der Waals surface area contributed by atoms with Crippen molar-refractivity contribution in [2.45, 2.75) is 31.4 Å². The van der Waals surface area contributed by atoms with Crippen LogP contribution >= 0.6 is 0 Å². The number of hydrogen-bond donors (Lipinski definition) is 2. The van der Waals surface area contributed by atoms with E-state index in [4.69, 9.17) is 0 Å². The quantitative estimate of drug-likeness (QED) is 0.553. The van der Waals surface area contributed by atoms with Gasteiger partial charge in [-0.2, -0.15) is 0 Å². The normalized spacial score (nSPS) is 52.2. The van der Waals surface area contributed by atoms with Crippen LogP contribution in [0.15, 0.2) is 0 Å². The SMILES string of the molecule is CNC1CC2CC1CC2O. The summed E-state index contributed by atoms with van der Waals surface area (Å²) >= 11 is 0. The molecule has 58 valence electrons. The predicted molar refractivity (Wildman–Crippen MR) is 39.7 cm³/mol. The molecule has 0 saturated heterocycles. The van der Waals surface area contributed by atoms with E-state index in [1.165, 1.54) is 12.8 Å². The summed E-state index contributed by atoms with van der Waals surface area (Å²) in [6.45, 7) is 0. The standard InChI is InChI=1S/C8H15NO/c1-9-7-3-6-2-5(7)4-8(6)10/h5-10H,2-4H2,1H3. The Morgan fingerprint density at radius 1 is 1.20 bits per heavy atom. The van der Waals surface area contributed by atoms with E-state index in [-0.39, 0.29) is 6.10 Å². The molecule has 2 rings (SSSR count). The van der Waals surface area contributed by atoms with E-state index in [2.05, 4.69) is 5.32 Å². The Morgan fingerprint density at radius 2 is 2.00 bits per heavy atom. The summed E-state index contributed by atoms with van der Waals surface area (Å²) < 4.78 is 0. The molecule has 0 aromatic heterocycles. The van der Waals surface area contributed by atoms with Crippen molar-refractivity contribution in [3.05, 3.63) is 0 Å². The molecule has 0 spiro atoms. The van der Waals surface area contributed by atoms with Crippen LogP contribution in [0.5, 0.6) is 0 Å². The van der Waals surface area contributed by atoms with Crippen molar-refractivity contribution >= 4 is 0 Å². The highest BCUT2D eigenvalue weighted by Crippen LogP contribution is 2.44. The van der Waals surface area contributed by atoms with E-state index in [0.717, 1.165) is 12.3 Å². The molecule has 10 heavy (non-hydrogen) atoms. The Bertz CT molecular complexity index is 135. The maximum atomic E-state index is 9.40. The van der Waals surface area contributed by atoms with Gasteiger partial charge >= 0.3 is 0 Å². The van der Waals surface area contributed by atoms with Gasteiger partial charge in [-0.1, -0.05) is 0 Å². The molecule has 0 amide bonds. The van der Waals surface area contributed by atoms with Crippen molar-refractivity contribution in [1.82, 2.24) is 5.32 Å². The first-order chi connectivity index (χ1) is 4.81. The lowest BCUT2D eigenvalue weighted by Crippen LogP contribution is -2.34. The molecule has 0 aliphatic heterocycles. The summed E-state index contributed by atoms with van der Waals surface area (Å²) in [4.78, 5) is 0. The van der Waals surface area contributed by atoms with Crippen LogP contribution in [0.3, 0.4) is 0 Å².